The molecule has 0 unspecified atom stereocenters. The molecule has 3 nitrogen and oxygen atoms in total. The average Bonchev–Trinajstić information content (AvgIpc) is 2.41. The summed E-state index contributed by atoms with van der Waals surface area (Å²) < 4.78 is 0. The third-order valence-corrected chi connectivity index (χ3v) is 4.57. The Kier molecular flexibility index (Phi) is 4.67. The second-order valence-corrected chi connectivity index (χ2v) is 6.16. The fourth-order valence-corrected chi connectivity index (χ4v) is 2.95. The zero-order valence-corrected chi connectivity index (χ0v) is 13.2. The first-order valence-corrected chi connectivity index (χ1v) is 7.68. The van der Waals surface area contributed by atoms with Crippen LogP contribution in [0.1, 0.15) is 45.0 Å². The number of aryl methyl sites for hydroxylation is 1. The van der Waals surface area contributed by atoms with Crippen LogP contribution < -0.4 is 4.90 Å². The van der Waals surface area contributed by atoms with E-state index in [0.29, 0.717) is 5.15 Å². The fraction of sp³-hybridized carbons (Fsp3) is 0.733. The summed E-state index contributed by atoms with van der Waals surface area (Å²) in [5.74, 6) is 3.51. The van der Waals surface area contributed by atoms with Crippen LogP contribution in [0.2, 0.25) is 5.15 Å². The van der Waals surface area contributed by atoms with E-state index in [2.05, 4.69) is 35.6 Å². The first kappa shape index (κ1) is 14.6. The van der Waals surface area contributed by atoms with Gasteiger partial charge in [0.15, 0.2) is 0 Å². The van der Waals surface area contributed by atoms with E-state index in [1.54, 1.807) is 0 Å². The number of rotatable bonds is 3. The molecule has 1 fully saturated rings. The normalized spacial score (nSPS) is 17.3. The number of anilines is 1. The summed E-state index contributed by atoms with van der Waals surface area (Å²) >= 11 is 6.22. The summed E-state index contributed by atoms with van der Waals surface area (Å²) in [6.07, 6.45) is 3.33. The van der Waals surface area contributed by atoms with Crippen molar-refractivity contribution in [3.8, 4) is 0 Å². The van der Waals surface area contributed by atoms with Crippen molar-refractivity contribution in [1.82, 2.24) is 9.97 Å². The smallest absolute Gasteiger partial charge is 0.137 e. The largest absolute Gasteiger partial charge is 0.356 e. The van der Waals surface area contributed by atoms with Crippen LogP contribution in [0.25, 0.3) is 0 Å². The summed E-state index contributed by atoms with van der Waals surface area (Å²) in [5, 5.41) is 0.604. The van der Waals surface area contributed by atoms with Crippen LogP contribution >= 0.6 is 11.6 Å². The van der Waals surface area contributed by atoms with Gasteiger partial charge in [-0.3, -0.25) is 0 Å². The summed E-state index contributed by atoms with van der Waals surface area (Å²) in [4.78, 5) is 11.4. The third-order valence-electron chi connectivity index (χ3n) is 4.21. The highest BCUT2D eigenvalue weighted by Crippen LogP contribution is 2.30. The van der Waals surface area contributed by atoms with Crippen molar-refractivity contribution in [1.29, 1.82) is 0 Å². The first-order valence-electron chi connectivity index (χ1n) is 7.30. The molecule has 0 N–H and O–H groups in total. The summed E-state index contributed by atoms with van der Waals surface area (Å²) in [6, 6.07) is 0. The molecule has 1 aliphatic heterocycles. The van der Waals surface area contributed by atoms with Gasteiger partial charge in [0.1, 0.15) is 16.8 Å². The lowest BCUT2D eigenvalue weighted by atomic mass is 9.86. The molecule has 1 saturated heterocycles. The van der Waals surface area contributed by atoms with E-state index in [1.165, 1.54) is 12.8 Å². The highest BCUT2D eigenvalue weighted by atomic mass is 35.5. The van der Waals surface area contributed by atoms with Gasteiger partial charge in [-0.2, -0.15) is 0 Å². The van der Waals surface area contributed by atoms with E-state index in [0.717, 1.165) is 48.6 Å². The van der Waals surface area contributed by atoms with E-state index in [4.69, 9.17) is 11.6 Å². The Labute approximate surface area is 121 Å². The van der Waals surface area contributed by atoms with E-state index in [-0.39, 0.29) is 0 Å². The molecule has 1 aliphatic rings. The molecular weight excluding hydrogens is 258 g/mol. The fourth-order valence-electron chi connectivity index (χ4n) is 2.76. The zero-order valence-electron chi connectivity index (χ0n) is 12.4. The van der Waals surface area contributed by atoms with Gasteiger partial charge in [-0.25, -0.2) is 9.97 Å². The van der Waals surface area contributed by atoms with Crippen molar-refractivity contribution in [2.75, 3.05) is 18.0 Å². The minimum Gasteiger partial charge on any atom is -0.356 e. The first-order chi connectivity index (χ1) is 9.02. The highest BCUT2D eigenvalue weighted by molar-refractivity contribution is 6.30. The molecule has 4 heteroatoms. The van der Waals surface area contributed by atoms with Crippen LogP contribution in [0.5, 0.6) is 0 Å². The average molecular weight is 282 g/mol. The molecular formula is C15H24ClN3. The molecule has 106 valence electrons. The van der Waals surface area contributed by atoms with Gasteiger partial charge in [0.05, 0.1) is 0 Å². The van der Waals surface area contributed by atoms with Crippen molar-refractivity contribution in [3.63, 3.8) is 0 Å². The van der Waals surface area contributed by atoms with Crippen molar-refractivity contribution in [2.24, 2.45) is 11.8 Å². The van der Waals surface area contributed by atoms with Crippen molar-refractivity contribution < 1.29 is 0 Å². The SMILES string of the molecule is CCc1nc(Cl)c(C)c(N2CCC(C(C)C)CC2)n1. The van der Waals surface area contributed by atoms with Crippen molar-refractivity contribution >= 4 is 17.4 Å². The predicted octanol–water partition coefficient (Wildman–Crippen LogP) is 3.87. The molecule has 1 aromatic rings. The van der Waals surface area contributed by atoms with Crippen LogP contribution in [-0.2, 0) is 6.42 Å². The topological polar surface area (TPSA) is 29.0 Å². The maximum atomic E-state index is 6.22. The zero-order chi connectivity index (χ0) is 14.0. The van der Waals surface area contributed by atoms with Gasteiger partial charge in [-0.1, -0.05) is 32.4 Å². The third kappa shape index (κ3) is 3.19. The number of aromatic nitrogens is 2. The molecule has 0 saturated carbocycles. The predicted molar refractivity (Wildman–Crippen MR) is 80.9 cm³/mol. The lowest BCUT2D eigenvalue weighted by molar-refractivity contribution is 0.310. The maximum Gasteiger partial charge on any atom is 0.137 e. The molecule has 0 amide bonds. The molecule has 0 spiro atoms. The Morgan fingerprint density at radius 3 is 2.42 bits per heavy atom. The Morgan fingerprint density at radius 1 is 1.26 bits per heavy atom. The van der Waals surface area contributed by atoms with Gasteiger partial charge >= 0.3 is 0 Å². The summed E-state index contributed by atoms with van der Waals surface area (Å²) in [7, 11) is 0. The molecule has 2 rings (SSSR count). The van der Waals surface area contributed by atoms with Crippen LogP contribution in [0.3, 0.4) is 0 Å². The van der Waals surface area contributed by atoms with Gasteiger partial charge in [-0.15, -0.1) is 0 Å². The maximum absolute atomic E-state index is 6.22. The monoisotopic (exact) mass is 281 g/mol. The van der Waals surface area contributed by atoms with E-state index < -0.39 is 0 Å². The standard InChI is InChI=1S/C15H24ClN3/c1-5-13-17-14(16)11(4)15(18-13)19-8-6-12(7-9-19)10(2)3/h10,12H,5-9H2,1-4H3. The Bertz CT molecular complexity index is 437. The number of halogens is 1. The minimum absolute atomic E-state index is 0.604. The van der Waals surface area contributed by atoms with Crippen molar-refractivity contribution in [3.05, 3.63) is 16.5 Å². The lowest BCUT2D eigenvalue weighted by Gasteiger charge is -2.35. The van der Waals surface area contributed by atoms with Gasteiger partial charge in [0.25, 0.3) is 0 Å². The highest BCUT2D eigenvalue weighted by Gasteiger charge is 2.24. The van der Waals surface area contributed by atoms with E-state index in [1.807, 2.05) is 6.92 Å². The Balaban J connectivity index is 2.17. The van der Waals surface area contributed by atoms with E-state index in [9.17, 15) is 0 Å². The number of nitrogens with zero attached hydrogens (tertiary/aromatic N) is 3. The summed E-state index contributed by atoms with van der Waals surface area (Å²) in [6.45, 7) is 10.9. The van der Waals surface area contributed by atoms with Gasteiger partial charge in [-0.05, 0) is 31.6 Å². The Hall–Kier alpha value is -0.830. The van der Waals surface area contributed by atoms with Crippen LogP contribution in [-0.4, -0.2) is 23.1 Å². The van der Waals surface area contributed by atoms with Gasteiger partial charge in [0, 0.05) is 25.1 Å². The Morgan fingerprint density at radius 2 is 1.89 bits per heavy atom. The summed E-state index contributed by atoms with van der Waals surface area (Å²) in [5.41, 5.74) is 1.02. The molecule has 0 bridgehead atoms. The van der Waals surface area contributed by atoms with Crippen molar-refractivity contribution in [2.45, 2.75) is 47.0 Å². The van der Waals surface area contributed by atoms with Gasteiger partial charge < -0.3 is 4.90 Å². The van der Waals surface area contributed by atoms with Crippen LogP contribution in [0, 0.1) is 18.8 Å². The second-order valence-electron chi connectivity index (χ2n) is 5.80. The molecule has 19 heavy (non-hydrogen) atoms. The lowest BCUT2D eigenvalue weighted by Crippen LogP contribution is -2.36. The van der Waals surface area contributed by atoms with Gasteiger partial charge in [0.2, 0.25) is 0 Å². The molecule has 2 heterocycles. The van der Waals surface area contributed by atoms with Crippen LogP contribution in [0.4, 0.5) is 5.82 Å². The number of hydrogen-bond donors (Lipinski definition) is 0. The minimum atomic E-state index is 0.604. The molecule has 0 radical (unpaired) electrons. The molecule has 0 aromatic carbocycles. The number of hydrogen-bond acceptors (Lipinski definition) is 3. The second kappa shape index (κ2) is 6.08. The molecule has 0 aliphatic carbocycles. The van der Waals surface area contributed by atoms with Crippen LogP contribution in [0.15, 0.2) is 0 Å². The quantitative estimate of drug-likeness (QED) is 0.788. The van der Waals surface area contributed by atoms with E-state index >= 15 is 0 Å². The molecule has 0 atom stereocenters. The number of piperidine rings is 1. The molecule has 1 aromatic heterocycles.